The maximum absolute atomic E-state index is 11.2. The average Bonchev–Trinajstić information content (AvgIpc) is 3.76. The molecular weight excluding hydrogens is 693 g/mol. The van der Waals surface area contributed by atoms with Crippen molar-refractivity contribution < 1.29 is 25.5 Å². The maximum Gasteiger partial charge on any atom is 0.208 e. The number of nitrogens with zero attached hydrogens (tertiary/aromatic N) is 2. The minimum Gasteiger partial charge on any atom is -0.503 e. The first kappa shape index (κ1) is 31.6. The van der Waals surface area contributed by atoms with Crippen LogP contribution in [0, 0.1) is 0 Å². The lowest BCUT2D eigenvalue weighted by atomic mass is 9.98. The number of hydrogen-bond donors (Lipinski definition) is 5. The Morgan fingerprint density at radius 2 is 1.02 bits per heavy atom. The van der Waals surface area contributed by atoms with Crippen LogP contribution in [0.15, 0.2) is 152 Å². The molecular formula is C46H30N2O5S. The molecule has 5 N–H and O–H groups in total. The van der Waals surface area contributed by atoms with Crippen molar-refractivity contribution in [2.75, 3.05) is 4.90 Å². The molecule has 0 spiro atoms. The van der Waals surface area contributed by atoms with Gasteiger partial charge in [0, 0.05) is 37.6 Å². The zero-order valence-corrected chi connectivity index (χ0v) is 29.3. The molecule has 8 heteroatoms. The number of para-hydroxylation sites is 2. The van der Waals surface area contributed by atoms with Crippen LogP contribution in [0.25, 0.3) is 69.6 Å². The number of thiophene rings is 1. The van der Waals surface area contributed by atoms with Gasteiger partial charge in [-0.2, -0.15) is 0 Å². The average molecular weight is 723 g/mol. The third-order valence-electron chi connectivity index (χ3n) is 10.3. The first-order chi connectivity index (χ1) is 26.4. The van der Waals surface area contributed by atoms with Crippen molar-refractivity contribution in [2.45, 2.75) is 0 Å². The molecule has 0 saturated carbocycles. The Morgan fingerprint density at radius 3 is 1.72 bits per heavy atom. The van der Waals surface area contributed by atoms with Gasteiger partial charge in [0.1, 0.15) is 5.69 Å². The van der Waals surface area contributed by atoms with E-state index >= 15 is 0 Å². The third kappa shape index (κ3) is 4.60. The fourth-order valence-electron chi connectivity index (χ4n) is 7.82. The molecule has 8 aromatic carbocycles. The molecule has 0 bridgehead atoms. The van der Waals surface area contributed by atoms with E-state index in [2.05, 4.69) is 95.9 Å². The van der Waals surface area contributed by atoms with Crippen LogP contribution in [-0.4, -0.2) is 30.1 Å². The SMILES string of the molecule is Oc1c(O)c(O)c(-n2c3ccc(-c4cc(N(c5ccccc5)c5ccccc5)c5sc6ccccc6c5c4)cc3c3c4ccccc4ccc32)c(O)c1O. The Labute approximate surface area is 312 Å². The van der Waals surface area contributed by atoms with Crippen LogP contribution >= 0.6 is 11.3 Å². The van der Waals surface area contributed by atoms with Crippen LogP contribution in [0.3, 0.4) is 0 Å². The van der Waals surface area contributed by atoms with E-state index in [0.29, 0.717) is 11.0 Å². The summed E-state index contributed by atoms with van der Waals surface area (Å²) in [5, 5.41) is 59.6. The van der Waals surface area contributed by atoms with Gasteiger partial charge in [0.15, 0.2) is 11.5 Å². The molecule has 0 unspecified atom stereocenters. The van der Waals surface area contributed by atoms with Gasteiger partial charge in [0.2, 0.25) is 17.2 Å². The van der Waals surface area contributed by atoms with Gasteiger partial charge >= 0.3 is 0 Å². The quantitative estimate of drug-likeness (QED) is 0.0894. The van der Waals surface area contributed by atoms with E-state index in [0.717, 1.165) is 59.8 Å². The predicted octanol–water partition coefficient (Wildman–Crippen LogP) is 12.0. The second kappa shape index (κ2) is 11.9. The molecule has 10 aromatic rings. The summed E-state index contributed by atoms with van der Waals surface area (Å²) in [6.45, 7) is 0. The van der Waals surface area contributed by atoms with Crippen molar-refractivity contribution in [3.8, 4) is 45.6 Å². The van der Waals surface area contributed by atoms with Gasteiger partial charge in [-0.3, -0.25) is 0 Å². The molecule has 54 heavy (non-hydrogen) atoms. The first-order valence-electron chi connectivity index (χ1n) is 17.4. The Morgan fingerprint density at radius 1 is 0.444 bits per heavy atom. The van der Waals surface area contributed by atoms with Crippen LogP contribution < -0.4 is 4.90 Å². The molecule has 2 heterocycles. The van der Waals surface area contributed by atoms with E-state index in [-0.39, 0.29) is 5.69 Å². The Balaban J connectivity index is 1.30. The van der Waals surface area contributed by atoms with E-state index < -0.39 is 28.7 Å². The molecule has 0 aliphatic heterocycles. The van der Waals surface area contributed by atoms with Gasteiger partial charge in [-0.1, -0.05) is 91.0 Å². The van der Waals surface area contributed by atoms with Gasteiger partial charge in [0.25, 0.3) is 0 Å². The molecule has 0 fully saturated rings. The van der Waals surface area contributed by atoms with Crippen molar-refractivity contribution in [3.63, 3.8) is 0 Å². The summed E-state index contributed by atoms with van der Waals surface area (Å²) < 4.78 is 3.96. The smallest absolute Gasteiger partial charge is 0.208 e. The summed E-state index contributed by atoms with van der Waals surface area (Å²) in [7, 11) is 0. The number of aromatic hydroxyl groups is 5. The lowest BCUT2D eigenvalue weighted by molar-refractivity contribution is 0.327. The van der Waals surface area contributed by atoms with E-state index in [1.807, 2.05) is 60.7 Å². The van der Waals surface area contributed by atoms with Gasteiger partial charge in [-0.05, 0) is 82.6 Å². The molecule has 0 aliphatic carbocycles. The summed E-state index contributed by atoms with van der Waals surface area (Å²) in [6, 6.07) is 51.5. The summed E-state index contributed by atoms with van der Waals surface area (Å²) in [4.78, 5) is 2.30. The predicted molar refractivity (Wildman–Crippen MR) is 220 cm³/mol. The minimum atomic E-state index is -1.01. The van der Waals surface area contributed by atoms with Gasteiger partial charge in [0.05, 0.1) is 21.4 Å². The fraction of sp³-hybridized carbons (Fsp3) is 0. The second-order valence-corrected chi connectivity index (χ2v) is 14.4. The van der Waals surface area contributed by atoms with Crippen molar-refractivity contribution in [2.24, 2.45) is 0 Å². The van der Waals surface area contributed by atoms with Gasteiger partial charge < -0.3 is 35.0 Å². The van der Waals surface area contributed by atoms with E-state index in [1.54, 1.807) is 15.9 Å². The highest BCUT2D eigenvalue weighted by Gasteiger charge is 2.28. The van der Waals surface area contributed by atoms with Crippen molar-refractivity contribution in [3.05, 3.63) is 152 Å². The van der Waals surface area contributed by atoms with Crippen LogP contribution in [-0.2, 0) is 0 Å². The number of phenolic OH excluding ortho intramolecular Hbond substituents is 5. The molecule has 0 saturated heterocycles. The minimum absolute atomic E-state index is 0.249. The van der Waals surface area contributed by atoms with Crippen molar-refractivity contribution >= 4 is 81.1 Å². The molecule has 10 rings (SSSR count). The summed E-state index contributed by atoms with van der Waals surface area (Å²) in [5.41, 5.74) is 6.02. The zero-order valence-electron chi connectivity index (χ0n) is 28.5. The van der Waals surface area contributed by atoms with Crippen molar-refractivity contribution in [1.29, 1.82) is 0 Å². The maximum atomic E-state index is 11.2. The number of rotatable bonds is 5. The molecule has 0 aliphatic rings. The molecule has 7 nitrogen and oxygen atoms in total. The Hall–Kier alpha value is -7.16. The van der Waals surface area contributed by atoms with Gasteiger partial charge in [-0.25, -0.2) is 0 Å². The molecule has 2 aromatic heterocycles. The van der Waals surface area contributed by atoms with Crippen LogP contribution in [0.5, 0.6) is 28.7 Å². The number of benzene rings is 8. The highest BCUT2D eigenvalue weighted by atomic mass is 32.1. The van der Waals surface area contributed by atoms with Gasteiger partial charge in [-0.15, -0.1) is 11.3 Å². The lowest BCUT2D eigenvalue weighted by Crippen LogP contribution is -2.10. The molecule has 0 radical (unpaired) electrons. The van der Waals surface area contributed by atoms with Crippen LogP contribution in [0.1, 0.15) is 0 Å². The largest absolute Gasteiger partial charge is 0.503 e. The van der Waals surface area contributed by atoms with Crippen molar-refractivity contribution in [1.82, 2.24) is 4.57 Å². The Bertz CT molecular complexity index is 3050. The number of anilines is 3. The first-order valence-corrected chi connectivity index (χ1v) is 18.2. The highest BCUT2D eigenvalue weighted by Crippen LogP contribution is 2.55. The number of aromatic nitrogens is 1. The Kier molecular flexibility index (Phi) is 6.98. The summed E-state index contributed by atoms with van der Waals surface area (Å²) in [5.74, 6) is -4.40. The number of hydrogen-bond acceptors (Lipinski definition) is 7. The molecule has 260 valence electrons. The monoisotopic (exact) mass is 722 g/mol. The standard InChI is InChI=1S/C46H30N2O5S/c49-41-40(42(50)44(52)45(53)43(41)51)48-35-21-20-27(23-34(35)39-31-16-8-7-11-26(31)19-22-36(39)48)28-24-33-32-17-9-10-18-38(32)54-46(33)37(25-28)47(29-12-3-1-4-13-29)30-14-5-2-6-15-30/h1-25,49-53H. The topological polar surface area (TPSA) is 109 Å². The highest BCUT2D eigenvalue weighted by molar-refractivity contribution is 7.26. The second-order valence-electron chi connectivity index (χ2n) is 13.3. The fourth-order valence-corrected chi connectivity index (χ4v) is 9.01. The van der Waals surface area contributed by atoms with Crippen LogP contribution in [0.2, 0.25) is 0 Å². The zero-order chi connectivity index (χ0) is 36.7. The number of phenols is 5. The van der Waals surface area contributed by atoms with Crippen LogP contribution in [0.4, 0.5) is 17.1 Å². The van der Waals surface area contributed by atoms with E-state index in [1.165, 1.54) is 10.1 Å². The van der Waals surface area contributed by atoms with E-state index in [9.17, 15) is 25.5 Å². The molecule has 0 amide bonds. The summed E-state index contributed by atoms with van der Waals surface area (Å²) in [6.07, 6.45) is 0. The van der Waals surface area contributed by atoms with E-state index in [4.69, 9.17) is 0 Å². The summed E-state index contributed by atoms with van der Waals surface area (Å²) >= 11 is 1.77. The normalized spacial score (nSPS) is 11.7. The molecule has 0 atom stereocenters. The third-order valence-corrected chi connectivity index (χ3v) is 11.5. The number of fused-ring (bicyclic) bond motifs is 8. The lowest BCUT2D eigenvalue weighted by Gasteiger charge is -2.26.